The number of hydrogen-bond acceptors (Lipinski definition) is 5. The average molecular weight is 369 g/mol. The molecule has 0 bridgehead atoms. The van der Waals surface area contributed by atoms with Gasteiger partial charge in [-0.15, -0.1) is 11.8 Å². The Labute approximate surface area is 155 Å². The van der Waals surface area contributed by atoms with Crippen molar-refractivity contribution < 1.29 is 19.4 Å². The van der Waals surface area contributed by atoms with Crippen LogP contribution in [0.3, 0.4) is 0 Å². The molecule has 2 aromatic rings. The Morgan fingerprint density at radius 1 is 1.15 bits per heavy atom. The number of fused-ring (bicyclic) bond motifs is 3. The molecule has 2 N–H and O–H groups in total. The molecule has 2 atom stereocenters. The lowest BCUT2D eigenvalue weighted by molar-refractivity contribution is -0.148. The van der Waals surface area contributed by atoms with Crippen molar-refractivity contribution in [2.24, 2.45) is 0 Å². The van der Waals surface area contributed by atoms with Gasteiger partial charge in [-0.3, -0.25) is 10.1 Å². The van der Waals surface area contributed by atoms with Crippen molar-refractivity contribution in [2.45, 2.75) is 23.8 Å². The molecule has 134 valence electrons. The van der Waals surface area contributed by atoms with Crippen LogP contribution in [-0.4, -0.2) is 40.3 Å². The molecule has 1 heterocycles. The molecule has 1 aliphatic heterocycles. The van der Waals surface area contributed by atoms with Gasteiger partial charge in [0.2, 0.25) is 0 Å². The highest BCUT2D eigenvalue weighted by atomic mass is 32.2. The lowest BCUT2D eigenvalue weighted by atomic mass is 9.98. The minimum Gasteiger partial charge on any atom is -0.480 e. The van der Waals surface area contributed by atoms with Crippen molar-refractivity contribution in [1.82, 2.24) is 5.32 Å². The molecule has 0 aromatic heterocycles. The van der Waals surface area contributed by atoms with E-state index in [1.54, 1.807) is 6.92 Å². The summed E-state index contributed by atoms with van der Waals surface area (Å²) in [6, 6.07) is 15.6. The van der Waals surface area contributed by atoms with Crippen LogP contribution in [0.5, 0.6) is 0 Å². The van der Waals surface area contributed by atoms with E-state index >= 15 is 0 Å². The second kappa shape index (κ2) is 6.45. The maximum Gasteiger partial charge on any atom is 0.336 e. The number of carboxylic acids is 1. The maximum absolute atomic E-state index is 12.6. The van der Waals surface area contributed by atoms with Gasteiger partial charge in [0.25, 0.3) is 0 Å². The van der Waals surface area contributed by atoms with Crippen LogP contribution in [0.25, 0.3) is 11.1 Å². The summed E-state index contributed by atoms with van der Waals surface area (Å²) in [5.41, 5.74) is 4.66. The molecule has 4 rings (SSSR count). The monoisotopic (exact) mass is 369 g/mol. The number of aliphatic carboxylic acids is 1. The summed E-state index contributed by atoms with van der Waals surface area (Å²) in [6.07, 6.45) is 0. The van der Waals surface area contributed by atoms with Crippen LogP contribution in [0.15, 0.2) is 48.5 Å². The number of nitrogens with one attached hydrogen (secondary N) is 1. The molecule has 6 heteroatoms. The summed E-state index contributed by atoms with van der Waals surface area (Å²) < 4.78 is 5.64. The van der Waals surface area contributed by atoms with Crippen molar-refractivity contribution in [3.63, 3.8) is 0 Å². The van der Waals surface area contributed by atoms with E-state index in [4.69, 9.17) is 9.84 Å². The van der Waals surface area contributed by atoms with E-state index in [0.717, 1.165) is 11.1 Å². The van der Waals surface area contributed by atoms with Crippen LogP contribution in [0.1, 0.15) is 24.0 Å². The van der Waals surface area contributed by atoms with Gasteiger partial charge in [-0.2, -0.15) is 0 Å². The summed E-state index contributed by atoms with van der Waals surface area (Å²) in [6.45, 7) is 1.92. The molecule has 2 unspecified atom stereocenters. The van der Waals surface area contributed by atoms with E-state index in [2.05, 4.69) is 29.6 Å². The molecule has 0 saturated carbocycles. The lowest BCUT2D eigenvalue weighted by Gasteiger charge is -2.23. The van der Waals surface area contributed by atoms with Crippen molar-refractivity contribution >= 4 is 23.7 Å². The number of thioether (sulfide) groups is 1. The fourth-order valence-electron chi connectivity index (χ4n) is 3.65. The van der Waals surface area contributed by atoms with E-state index in [1.165, 1.54) is 22.9 Å². The van der Waals surface area contributed by atoms with E-state index in [9.17, 15) is 9.59 Å². The van der Waals surface area contributed by atoms with Crippen LogP contribution < -0.4 is 5.32 Å². The fraction of sp³-hybridized carbons (Fsp3) is 0.300. The van der Waals surface area contributed by atoms with E-state index in [-0.39, 0.29) is 12.5 Å². The third-order valence-corrected chi connectivity index (χ3v) is 6.38. The van der Waals surface area contributed by atoms with Crippen molar-refractivity contribution in [3.05, 3.63) is 59.7 Å². The predicted octanol–water partition coefficient (Wildman–Crippen LogP) is 2.85. The summed E-state index contributed by atoms with van der Waals surface area (Å²) in [5.74, 6) is -1.03. The highest BCUT2D eigenvalue weighted by Gasteiger charge is 2.45. The standard InChI is InChI=1S/C20H19NO4S/c1-20(21-17(11-26-20)18(22)23)19(24)25-10-16-14-8-4-2-6-12(14)13-7-3-5-9-15(13)16/h2-9,16-17,21H,10-11H2,1H3,(H,22,23). The molecule has 0 spiro atoms. The lowest BCUT2D eigenvalue weighted by Crippen LogP contribution is -2.49. The Balaban J connectivity index is 1.52. The first kappa shape index (κ1) is 17.1. The molecular weight excluding hydrogens is 350 g/mol. The number of carboxylic acid groups (broad SMARTS) is 1. The number of rotatable bonds is 4. The van der Waals surface area contributed by atoms with Crippen molar-refractivity contribution in [1.29, 1.82) is 0 Å². The summed E-state index contributed by atoms with van der Waals surface area (Å²) in [5, 5.41) is 12.0. The Kier molecular flexibility index (Phi) is 4.25. The molecule has 0 radical (unpaired) electrons. The minimum atomic E-state index is -1.03. The highest BCUT2D eigenvalue weighted by molar-refractivity contribution is 8.01. The van der Waals surface area contributed by atoms with Gasteiger partial charge < -0.3 is 9.84 Å². The molecule has 1 saturated heterocycles. The Bertz CT molecular complexity index is 838. The van der Waals surface area contributed by atoms with Crippen LogP contribution in [0.4, 0.5) is 0 Å². The van der Waals surface area contributed by atoms with Gasteiger partial charge in [-0.25, -0.2) is 4.79 Å². The molecule has 1 fully saturated rings. The third kappa shape index (κ3) is 2.79. The number of hydrogen-bond donors (Lipinski definition) is 2. The molecular formula is C20H19NO4S. The van der Waals surface area contributed by atoms with Crippen molar-refractivity contribution in [3.8, 4) is 11.1 Å². The Morgan fingerprint density at radius 3 is 2.27 bits per heavy atom. The third-order valence-electron chi connectivity index (χ3n) is 5.02. The number of ether oxygens (including phenoxy) is 1. The summed E-state index contributed by atoms with van der Waals surface area (Å²) in [7, 11) is 0. The smallest absolute Gasteiger partial charge is 0.336 e. The topological polar surface area (TPSA) is 75.6 Å². The van der Waals surface area contributed by atoms with Crippen LogP contribution >= 0.6 is 11.8 Å². The van der Waals surface area contributed by atoms with Crippen LogP contribution in [-0.2, 0) is 14.3 Å². The molecule has 5 nitrogen and oxygen atoms in total. The van der Waals surface area contributed by atoms with Gasteiger partial charge in [0, 0.05) is 11.7 Å². The second-order valence-corrected chi connectivity index (χ2v) is 8.14. The summed E-state index contributed by atoms with van der Waals surface area (Å²) in [4.78, 5) is 22.7. The molecule has 2 aliphatic rings. The van der Waals surface area contributed by atoms with Gasteiger partial charge in [0.15, 0.2) is 4.87 Å². The van der Waals surface area contributed by atoms with Gasteiger partial charge in [0.05, 0.1) is 0 Å². The zero-order chi connectivity index (χ0) is 18.3. The second-order valence-electron chi connectivity index (χ2n) is 6.70. The Hall–Kier alpha value is -2.31. The highest BCUT2D eigenvalue weighted by Crippen LogP contribution is 2.44. The Morgan fingerprint density at radius 2 is 1.73 bits per heavy atom. The fourth-order valence-corrected chi connectivity index (χ4v) is 4.78. The average Bonchev–Trinajstić information content (AvgIpc) is 3.20. The number of benzene rings is 2. The van der Waals surface area contributed by atoms with Gasteiger partial charge >= 0.3 is 11.9 Å². The normalized spacial score (nSPS) is 24.1. The minimum absolute atomic E-state index is 0.00313. The first-order chi connectivity index (χ1) is 12.5. The van der Waals surface area contributed by atoms with E-state index < -0.39 is 22.9 Å². The molecule has 26 heavy (non-hydrogen) atoms. The number of carbonyl (C=O) groups is 2. The molecule has 2 aromatic carbocycles. The van der Waals surface area contributed by atoms with Gasteiger partial charge in [0.1, 0.15) is 12.6 Å². The molecule has 1 aliphatic carbocycles. The van der Waals surface area contributed by atoms with Crippen LogP contribution in [0.2, 0.25) is 0 Å². The largest absolute Gasteiger partial charge is 0.480 e. The zero-order valence-electron chi connectivity index (χ0n) is 14.3. The first-order valence-corrected chi connectivity index (χ1v) is 9.48. The van der Waals surface area contributed by atoms with Gasteiger partial charge in [-0.1, -0.05) is 48.5 Å². The van der Waals surface area contributed by atoms with Crippen LogP contribution in [0, 0.1) is 0 Å². The predicted molar refractivity (Wildman–Crippen MR) is 100 cm³/mol. The zero-order valence-corrected chi connectivity index (χ0v) is 15.1. The van der Waals surface area contributed by atoms with E-state index in [0.29, 0.717) is 5.75 Å². The first-order valence-electron chi connectivity index (χ1n) is 8.49. The summed E-state index contributed by atoms with van der Waals surface area (Å²) >= 11 is 1.28. The van der Waals surface area contributed by atoms with Crippen molar-refractivity contribution in [2.75, 3.05) is 12.4 Å². The van der Waals surface area contributed by atoms with E-state index in [1.807, 2.05) is 24.3 Å². The van der Waals surface area contributed by atoms with Gasteiger partial charge in [-0.05, 0) is 29.2 Å². The number of carbonyl (C=O) groups excluding carboxylic acids is 1. The SMILES string of the molecule is CC1(C(=O)OCC2c3ccccc3-c3ccccc32)NC(C(=O)O)CS1. The maximum atomic E-state index is 12.6. The quantitative estimate of drug-likeness (QED) is 0.807. The number of esters is 1. The molecule has 0 amide bonds.